The van der Waals surface area contributed by atoms with Crippen LogP contribution in [0.3, 0.4) is 0 Å². The fourth-order valence-electron chi connectivity index (χ4n) is 1.88. The molecule has 3 N–H and O–H groups in total. The molecule has 6 heteroatoms. The van der Waals surface area contributed by atoms with Crippen molar-refractivity contribution in [1.29, 1.82) is 0 Å². The standard InChI is InChI=1S/C7H11N5O/c8-5-9-6(11-10-5)12-1-7(2-12)3-13-4-7/h1-4H2,(H3,8,9,10,11). The summed E-state index contributed by atoms with van der Waals surface area (Å²) in [4.78, 5) is 6.16. The molecule has 3 rings (SSSR count). The van der Waals surface area contributed by atoms with E-state index in [0.29, 0.717) is 17.3 Å². The van der Waals surface area contributed by atoms with Crippen LogP contribution < -0.4 is 10.6 Å². The van der Waals surface area contributed by atoms with E-state index in [9.17, 15) is 0 Å². The Labute approximate surface area is 75.1 Å². The monoisotopic (exact) mass is 181 g/mol. The normalized spacial score (nSPS) is 24.2. The predicted octanol–water partition coefficient (Wildman–Crippen LogP) is -0.777. The molecule has 2 saturated heterocycles. The molecule has 1 aromatic rings. The fourth-order valence-corrected chi connectivity index (χ4v) is 1.88. The van der Waals surface area contributed by atoms with E-state index in [-0.39, 0.29) is 0 Å². The lowest BCUT2D eigenvalue weighted by molar-refractivity contribution is -0.127. The van der Waals surface area contributed by atoms with Gasteiger partial charge in [-0.15, -0.1) is 5.10 Å². The first-order valence-corrected chi connectivity index (χ1v) is 4.28. The van der Waals surface area contributed by atoms with Gasteiger partial charge in [0, 0.05) is 13.1 Å². The lowest BCUT2D eigenvalue weighted by atomic mass is 9.78. The van der Waals surface area contributed by atoms with E-state index in [4.69, 9.17) is 10.5 Å². The summed E-state index contributed by atoms with van der Waals surface area (Å²) in [6.07, 6.45) is 0. The van der Waals surface area contributed by atoms with Gasteiger partial charge in [-0.05, 0) is 0 Å². The molecule has 0 aromatic carbocycles. The summed E-state index contributed by atoms with van der Waals surface area (Å²) in [6, 6.07) is 0. The first kappa shape index (κ1) is 7.14. The van der Waals surface area contributed by atoms with E-state index < -0.39 is 0 Å². The lowest BCUT2D eigenvalue weighted by Crippen LogP contribution is -2.66. The molecule has 70 valence electrons. The van der Waals surface area contributed by atoms with Crippen LogP contribution in [0, 0.1) is 5.41 Å². The van der Waals surface area contributed by atoms with E-state index in [2.05, 4.69) is 20.1 Å². The molecule has 0 atom stereocenters. The molecule has 0 radical (unpaired) electrons. The zero-order chi connectivity index (χ0) is 8.89. The van der Waals surface area contributed by atoms with Crippen molar-refractivity contribution >= 4 is 11.9 Å². The van der Waals surface area contributed by atoms with Gasteiger partial charge in [-0.1, -0.05) is 0 Å². The van der Waals surface area contributed by atoms with E-state index >= 15 is 0 Å². The maximum atomic E-state index is 5.43. The SMILES string of the molecule is Nc1nc(N2CC3(COC3)C2)n[nH]1. The summed E-state index contributed by atoms with van der Waals surface area (Å²) in [6.45, 7) is 3.74. The second-order valence-corrected chi connectivity index (χ2v) is 3.87. The largest absolute Gasteiger partial charge is 0.380 e. The van der Waals surface area contributed by atoms with Crippen molar-refractivity contribution in [2.75, 3.05) is 36.9 Å². The number of rotatable bonds is 1. The molecule has 2 aliphatic rings. The van der Waals surface area contributed by atoms with Gasteiger partial charge in [0.05, 0.1) is 18.6 Å². The highest BCUT2D eigenvalue weighted by molar-refractivity contribution is 5.39. The van der Waals surface area contributed by atoms with Gasteiger partial charge in [0.1, 0.15) is 0 Å². The molecule has 3 heterocycles. The number of ether oxygens (including phenoxy) is 1. The molecule has 2 fully saturated rings. The Morgan fingerprint density at radius 1 is 1.46 bits per heavy atom. The molecule has 0 unspecified atom stereocenters. The van der Waals surface area contributed by atoms with Crippen molar-refractivity contribution in [2.24, 2.45) is 5.41 Å². The zero-order valence-electron chi connectivity index (χ0n) is 7.16. The number of nitrogens with zero attached hydrogens (tertiary/aromatic N) is 3. The summed E-state index contributed by atoms with van der Waals surface area (Å²) >= 11 is 0. The van der Waals surface area contributed by atoms with Gasteiger partial charge in [-0.3, -0.25) is 0 Å². The van der Waals surface area contributed by atoms with Crippen LogP contribution in [0.2, 0.25) is 0 Å². The van der Waals surface area contributed by atoms with E-state index in [0.717, 1.165) is 26.3 Å². The van der Waals surface area contributed by atoms with Crippen LogP contribution >= 0.6 is 0 Å². The highest BCUT2D eigenvalue weighted by Gasteiger charge is 2.50. The molecule has 0 saturated carbocycles. The van der Waals surface area contributed by atoms with Crippen LogP contribution in [0.4, 0.5) is 11.9 Å². The minimum Gasteiger partial charge on any atom is -0.380 e. The minimum atomic E-state index is 0.376. The molecular weight excluding hydrogens is 170 g/mol. The maximum absolute atomic E-state index is 5.43. The van der Waals surface area contributed by atoms with E-state index in [1.807, 2.05) is 0 Å². The molecule has 0 aliphatic carbocycles. The number of hydrogen-bond acceptors (Lipinski definition) is 5. The molecule has 0 amide bonds. The topological polar surface area (TPSA) is 80.1 Å². The van der Waals surface area contributed by atoms with Crippen LogP contribution in [-0.4, -0.2) is 41.5 Å². The van der Waals surface area contributed by atoms with Crippen molar-refractivity contribution in [3.63, 3.8) is 0 Å². The number of H-pyrrole nitrogens is 1. The van der Waals surface area contributed by atoms with Gasteiger partial charge in [-0.2, -0.15) is 4.98 Å². The van der Waals surface area contributed by atoms with Crippen LogP contribution in [0.15, 0.2) is 0 Å². The van der Waals surface area contributed by atoms with Crippen molar-refractivity contribution in [3.8, 4) is 0 Å². The molecule has 13 heavy (non-hydrogen) atoms. The third kappa shape index (κ3) is 0.918. The lowest BCUT2D eigenvalue weighted by Gasteiger charge is -2.54. The Hall–Kier alpha value is -1.30. The Morgan fingerprint density at radius 3 is 2.69 bits per heavy atom. The van der Waals surface area contributed by atoms with Crippen molar-refractivity contribution in [1.82, 2.24) is 15.2 Å². The quantitative estimate of drug-likeness (QED) is 0.594. The first-order valence-electron chi connectivity index (χ1n) is 4.28. The van der Waals surface area contributed by atoms with Gasteiger partial charge < -0.3 is 15.4 Å². The third-order valence-corrected chi connectivity index (χ3v) is 2.64. The summed E-state index contributed by atoms with van der Waals surface area (Å²) in [5, 5.41) is 6.61. The molecule has 6 nitrogen and oxygen atoms in total. The Morgan fingerprint density at radius 2 is 2.23 bits per heavy atom. The fraction of sp³-hybridized carbons (Fsp3) is 0.714. The first-order chi connectivity index (χ1) is 6.27. The van der Waals surface area contributed by atoms with Crippen LogP contribution in [0.25, 0.3) is 0 Å². The number of aromatic nitrogens is 3. The summed E-state index contributed by atoms with van der Waals surface area (Å²) in [5.41, 5.74) is 5.83. The summed E-state index contributed by atoms with van der Waals surface area (Å²) in [7, 11) is 0. The number of hydrogen-bond donors (Lipinski definition) is 2. The third-order valence-electron chi connectivity index (χ3n) is 2.64. The van der Waals surface area contributed by atoms with Gasteiger partial charge in [0.25, 0.3) is 0 Å². The number of anilines is 2. The average molecular weight is 181 g/mol. The summed E-state index contributed by atoms with van der Waals surface area (Å²) in [5.74, 6) is 1.08. The molecule has 1 aromatic heterocycles. The Balaban J connectivity index is 1.70. The Bertz CT molecular complexity index is 323. The van der Waals surface area contributed by atoms with Crippen LogP contribution in [0.5, 0.6) is 0 Å². The second-order valence-electron chi connectivity index (χ2n) is 3.87. The number of nitrogen functional groups attached to an aromatic ring is 1. The molecule has 2 aliphatic heterocycles. The van der Waals surface area contributed by atoms with E-state index in [1.54, 1.807) is 0 Å². The van der Waals surface area contributed by atoms with Crippen molar-refractivity contribution in [3.05, 3.63) is 0 Å². The molecule has 1 spiro atoms. The number of nitrogens with one attached hydrogen (secondary N) is 1. The van der Waals surface area contributed by atoms with Gasteiger partial charge >= 0.3 is 0 Å². The number of nitrogens with two attached hydrogens (primary N) is 1. The second kappa shape index (κ2) is 2.14. The highest BCUT2D eigenvalue weighted by atomic mass is 16.5. The summed E-state index contributed by atoms with van der Waals surface area (Å²) < 4.78 is 5.17. The van der Waals surface area contributed by atoms with Gasteiger partial charge in [-0.25, -0.2) is 5.10 Å². The molecule has 0 bridgehead atoms. The number of aromatic amines is 1. The molecular formula is C7H11N5O. The predicted molar refractivity (Wildman–Crippen MR) is 46.3 cm³/mol. The van der Waals surface area contributed by atoms with Crippen LogP contribution in [-0.2, 0) is 4.74 Å². The smallest absolute Gasteiger partial charge is 0.246 e. The minimum absolute atomic E-state index is 0.376. The van der Waals surface area contributed by atoms with E-state index in [1.165, 1.54) is 0 Å². The Kier molecular flexibility index (Phi) is 1.17. The van der Waals surface area contributed by atoms with Crippen molar-refractivity contribution in [2.45, 2.75) is 0 Å². The van der Waals surface area contributed by atoms with Crippen LogP contribution in [0.1, 0.15) is 0 Å². The highest BCUT2D eigenvalue weighted by Crippen LogP contribution is 2.38. The van der Waals surface area contributed by atoms with Crippen molar-refractivity contribution < 1.29 is 4.74 Å². The zero-order valence-corrected chi connectivity index (χ0v) is 7.16. The maximum Gasteiger partial charge on any atom is 0.246 e. The van der Waals surface area contributed by atoms with Gasteiger partial charge in [0.2, 0.25) is 11.9 Å². The average Bonchev–Trinajstić information content (AvgIpc) is 2.29. The van der Waals surface area contributed by atoms with Gasteiger partial charge in [0.15, 0.2) is 0 Å².